The zero-order valence-corrected chi connectivity index (χ0v) is 14.1. The van der Waals surface area contributed by atoms with Crippen LogP contribution in [0.15, 0.2) is 29.2 Å². The monoisotopic (exact) mass is 321 g/mol. The van der Waals surface area contributed by atoms with Crippen molar-refractivity contribution in [2.45, 2.75) is 32.1 Å². The van der Waals surface area contributed by atoms with Crippen molar-refractivity contribution in [2.75, 3.05) is 11.1 Å². The van der Waals surface area contributed by atoms with Gasteiger partial charge in [0, 0.05) is 11.3 Å². The smallest absolute Gasteiger partial charge is 0.236 e. The first-order valence-electron chi connectivity index (χ1n) is 6.84. The van der Waals surface area contributed by atoms with Crippen LogP contribution in [0.2, 0.25) is 0 Å². The highest BCUT2D eigenvalue weighted by atomic mass is 32.2. The summed E-state index contributed by atoms with van der Waals surface area (Å²) in [6.45, 7) is 6.32. The van der Waals surface area contributed by atoms with E-state index in [4.69, 9.17) is 0 Å². The molecule has 112 valence electrons. The van der Waals surface area contributed by atoms with E-state index in [1.165, 1.54) is 28.7 Å². The summed E-state index contributed by atoms with van der Waals surface area (Å²) in [5, 5.41) is 12.4. The predicted octanol–water partition coefficient (Wildman–Crippen LogP) is 3.78. The number of aryl methyl sites for hydroxylation is 1. The minimum atomic E-state index is -0.0483. The minimum absolute atomic E-state index is 0.0483. The Kier molecular flexibility index (Phi) is 5.76. The maximum Gasteiger partial charge on any atom is 0.236 e. The second-order valence-electron chi connectivity index (χ2n) is 5.25. The van der Waals surface area contributed by atoms with Crippen LogP contribution in [0, 0.1) is 12.8 Å². The molecule has 0 saturated heterocycles. The molecule has 21 heavy (non-hydrogen) atoms. The van der Waals surface area contributed by atoms with Gasteiger partial charge in [0.1, 0.15) is 5.01 Å². The molecule has 1 heterocycles. The van der Waals surface area contributed by atoms with Gasteiger partial charge in [-0.05, 0) is 25.0 Å². The van der Waals surface area contributed by atoms with E-state index in [0.29, 0.717) is 16.8 Å². The van der Waals surface area contributed by atoms with E-state index in [9.17, 15) is 4.79 Å². The maximum atomic E-state index is 11.9. The summed E-state index contributed by atoms with van der Waals surface area (Å²) in [6.07, 6.45) is 0.894. The maximum absolute atomic E-state index is 11.9. The molecule has 0 spiro atoms. The van der Waals surface area contributed by atoms with Crippen LogP contribution in [-0.4, -0.2) is 21.9 Å². The molecular formula is C15H19N3OS2. The fraction of sp³-hybridized carbons (Fsp3) is 0.400. The van der Waals surface area contributed by atoms with Gasteiger partial charge in [0.15, 0.2) is 0 Å². The molecule has 0 atom stereocenters. The first-order valence-corrected chi connectivity index (χ1v) is 8.65. The number of carbonyl (C=O) groups excluding carboxylic acids is 1. The summed E-state index contributed by atoms with van der Waals surface area (Å²) in [5.41, 5.74) is 1.22. The average molecular weight is 321 g/mol. The van der Waals surface area contributed by atoms with Crippen LogP contribution < -0.4 is 5.32 Å². The van der Waals surface area contributed by atoms with Gasteiger partial charge in [0.05, 0.1) is 5.75 Å². The number of rotatable bonds is 6. The Labute approximate surface area is 133 Å². The van der Waals surface area contributed by atoms with Crippen LogP contribution in [0.4, 0.5) is 5.13 Å². The molecule has 1 aromatic heterocycles. The quantitative estimate of drug-likeness (QED) is 0.823. The second-order valence-corrected chi connectivity index (χ2v) is 7.36. The topological polar surface area (TPSA) is 54.9 Å². The van der Waals surface area contributed by atoms with E-state index in [2.05, 4.69) is 29.4 Å². The molecule has 0 aliphatic rings. The van der Waals surface area contributed by atoms with E-state index < -0.39 is 0 Å². The predicted molar refractivity (Wildman–Crippen MR) is 89.0 cm³/mol. The number of aromatic nitrogens is 2. The van der Waals surface area contributed by atoms with Gasteiger partial charge in [-0.3, -0.25) is 10.1 Å². The number of hydrogen-bond acceptors (Lipinski definition) is 5. The number of amides is 1. The Morgan fingerprint density at radius 2 is 2.00 bits per heavy atom. The summed E-state index contributed by atoms with van der Waals surface area (Å²) in [7, 11) is 0. The normalized spacial score (nSPS) is 10.9. The van der Waals surface area contributed by atoms with E-state index in [1.807, 2.05) is 31.2 Å². The van der Waals surface area contributed by atoms with Gasteiger partial charge in [-0.1, -0.05) is 42.9 Å². The largest absolute Gasteiger partial charge is 0.300 e. The molecule has 0 unspecified atom stereocenters. The number of anilines is 1. The fourth-order valence-corrected chi connectivity index (χ4v) is 3.34. The van der Waals surface area contributed by atoms with Gasteiger partial charge in [-0.2, -0.15) is 0 Å². The number of benzene rings is 1. The summed E-state index contributed by atoms with van der Waals surface area (Å²) in [5.74, 6) is 0.869. The highest BCUT2D eigenvalue weighted by Gasteiger charge is 2.09. The van der Waals surface area contributed by atoms with Crippen LogP contribution in [0.1, 0.15) is 24.4 Å². The molecule has 2 aromatic rings. The lowest BCUT2D eigenvalue weighted by Crippen LogP contribution is -2.13. The Morgan fingerprint density at radius 3 is 2.67 bits per heavy atom. The van der Waals surface area contributed by atoms with Crippen LogP contribution >= 0.6 is 23.1 Å². The molecule has 0 bridgehead atoms. The van der Waals surface area contributed by atoms with Crippen molar-refractivity contribution in [2.24, 2.45) is 5.92 Å². The van der Waals surface area contributed by atoms with Crippen molar-refractivity contribution in [3.8, 4) is 0 Å². The molecule has 0 radical (unpaired) electrons. The van der Waals surface area contributed by atoms with Gasteiger partial charge < -0.3 is 0 Å². The lowest BCUT2D eigenvalue weighted by molar-refractivity contribution is -0.113. The Hall–Kier alpha value is -1.40. The van der Waals surface area contributed by atoms with Crippen molar-refractivity contribution < 1.29 is 4.79 Å². The van der Waals surface area contributed by atoms with E-state index in [1.54, 1.807) is 0 Å². The summed E-state index contributed by atoms with van der Waals surface area (Å²) >= 11 is 2.97. The molecule has 4 nitrogen and oxygen atoms in total. The summed E-state index contributed by atoms with van der Waals surface area (Å²) in [4.78, 5) is 13.0. The first kappa shape index (κ1) is 16.0. The molecule has 1 N–H and O–H groups in total. The second kappa shape index (κ2) is 7.56. The third-order valence-corrected chi connectivity index (χ3v) is 4.56. The zero-order valence-electron chi connectivity index (χ0n) is 12.4. The Bertz CT molecular complexity index is 593. The zero-order chi connectivity index (χ0) is 15.2. The van der Waals surface area contributed by atoms with Gasteiger partial charge >= 0.3 is 0 Å². The SMILES string of the molecule is Cc1ccc(SCC(=O)Nc2nnc(CC(C)C)s2)cc1. The minimum Gasteiger partial charge on any atom is -0.300 e. The van der Waals surface area contributed by atoms with Crippen molar-refractivity contribution in [1.82, 2.24) is 10.2 Å². The van der Waals surface area contributed by atoms with Crippen molar-refractivity contribution >= 4 is 34.1 Å². The molecular weight excluding hydrogens is 302 g/mol. The molecule has 6 heteroatoms. The first-order chi connectivity index (χ1) is 10.0. The molecule has 0 aliphatic heterocycles. The highest BCUT2D eigenvalue weighted by molar-refractivity contribution is 8.00. The lowest BCUT2D eigenvalue weighted by Gasteiger charge is -2.02. The molecule has 0 aliphatic carbocycles. The number of nitrogens with zero attached hydrogens (tertiary/aromatic N) is 2. The highest BCUT2D eigenvalue weighted by Crippen LogP contribution is 2.21. The van der Waals surface area contributed by atoms with E-state index >= 15 is 0 Å². The van der Waals surface area contributed by atoms with Crippen LogP contribution in [-0.2, 0) is 11.2 Å². The van der Waals surface area contributed by atoms with E-state index in [-0.39, 0.29) is 5.91 Å². The number of thioether (sulfide) groups is 1. The number of nitrogens with one attached hydrogen (secondary N) is 1. The van der Waals surface area contributed by atoms with E-state index in [0.717, 1.165) is 16.3 Å². The van der Waals surface area contributed by atoms with Crippen LogP contribution in [0.25, 0.3) is 0 Å². The van der Waals surface area contributed by atoms with Gasteiger partial charge in [0.25, 0.3) is 0 Å². The third-order valence-electron chi connectivity index (χ3n) is 2.69. The third kappa shape index (κ3) is 5.47. The van der Waals surface area contributed by atoms with Crippen molar-refractivity contribution in [3.63, 3.8) is 0 Å². The molecule has 2 rings (SSSR count). The average Bonchev–Trinajstić information content (AvgIpc) is 2.84. The Balaban J connectivity index is 1.81. The Morgan fingerprint density at radius 1 is 1.29 bits per heavy atom. The van der Waals surface area contributed by atoms with Crippen LogP contribution in [0.3, 0.4) is 0 Å². The molecule has 0 saturated carbocycles. The van der Waals surface area contributed by atoms with Crippen molar-refractivity contribution in [3.05, 3.63) is 34.8 Å². The van der Waals surface area contributed by atoms with Gasteiger partial charge in [-0.25, -0.2) is 0 Å². The molecule has 1 amide bonds. The summed E-state index contributed by atoms with van der Waals surface area (Å²) < 4.78 is 0. The van der Waals surface area contributed by atoms with Gasteiger partial charge in [0.2, 0.25) is 11.0 Å². The summed E-state index contributed by atoms with van der Waals surface area (Å²) in [6, 6.07) is 8.14. The van der Waals surface area contributed by atoms with Crippen molar-refractivity contribution in [1.29, 1.82) is 0 Å². The standard InChI is InChI=1S/C15H19N3OS2/c1-10(2)8-14-17-18-15(21-14)16-13(19)9-20-12-6-4-11(3)5-7-12/h4-7,10H,8-9H2,1-3H3,(H,16,18,19). The number of carbonyl (C=O) groups is 1. The number of hydrogen-bond donors (Lipinski definition) is 1. The van der Waals surface area contributed by atoms with Gasteiger partial charge in [-0.15, -0.1) is 22.0 Å². The van der Waals surface area contributed by atoms with Crippen LogP contribution in [0.5, 0.6) is 0 Å². The lowest BCUT2D eigenvalue weighted by atomic mass is 10.1. The molecule has 1 aromatic carbocycles. The fourth-order valence-electron chi connectivity index (χ4n) is 1.67. The molecule has 0 fully saturated rings.